The molecule has 0 aromatic heterocycles. The summed E-state index contributed by atoms with van der Waals surface area (Å²) in [4.78, 5) is 25.1. The summed E-state index contributed by atoms with van der Waals surface area (Å²) in [6.07, 6.45) is 1.61. The van der Waals surface area contributed by atoms with Gasteiger partial charge in [0.15, 0.2) is 0 Å². The molecule has 116 valence electrons. The van der Waals surface area contributed by atoms with Crippen LogP contribution < -0.4 is 11.1 Å². The molecule has 1 atom stereocenters. The Morgan fingerprint density at radius 3 is 2.57 bits per heavy atom. The van der Waals surface area contributed by atoms with Crippen LogP contribution in [0.5, 0.6) is 0 Å². The van der Waals surface area contributed by atoms with E-state index in [1.807, 2.05) is 29.2 Å². The van der Waals surface area contributed by atoms with Crippen LogP contribution in [0.1, 0.15) is 25.3 Å². The zero-order valence-electron chi connectivity index (χ0n) is 12.2. The van der Waals surface area contributed by atoms with Gasteiger partial charge in [0.2, 0.25) is 11.8 Å². The molecule has 1 aliphatic heterocycles. The van der Waals surface area contributed by atoms with Crippen LogP contribution in [0.4, 0.5) is 5.69 Å². The Balaban J connectivity index is 0.00000220. The molecule has 2 amide bonds. The summed E-state index contributed by atoms with van der Waals surface area (Å²) in [6.45, 7) is 3.61. The molecule has 0 bridgehead atoms. The summed E-state index contributed by atoms with van der Waals surface area (Å²) in [5.74, 6) is -0.0500. The second kappa shape index (κ2) is 8.00. The molecule has 0 saturated carbocycles. The summed E-state index contributed by atoms with van der Waals surface area (Å²) in [6, 6.07) is 7.59. The Morgan fingerprint density at radius 1 is 1.38 bits per heavy atom. The second-order valence-electron chi connectivity index (χ2n) is 5.24. The number of nitrogens with two attached hydrogens (primary N) is 1. The van der Waals surface area contributed by atoms with Crippen LogP contribution in [0.25, 0.3) is 0 Å². The third-order valence-electron chi connectivity index (χ3n) is 3.57. The number of benzene rings is 1. The van der Waals surface area contributed by atoms with Gasteiger partial charge in [0, 0.05) is 37.7 Å². The Labute approximate surface area is 131 Å². The third-order valence-corrected chi connectivity index (χ3v) is 3.57. The standard InChI is InChI=1S/C15H21N3O2.ClH/c1-11(9-16)15(20)17-13-6-4-12(5-7-13)10-18-8-2-3-14(18)19;/h4-7,11H,2-3,8-10,16H2,1H3,(H,17,20);1H. The van der Waals surface area contributed by atoms with Crippen LogP contribution in [-0.2, 0) is 16.1 Å². The van der Waals surface area contributed by atoms with Crippen molar-refractivity contribution in [2.45, 2.75) is 26.3 Å². The van der Waals surface area contributed by atoms with Crippen LogP contribution >= 0.6 is 12.4 Å². The van der Waals surface area contributed by atoms with E-state index in [1.165, 1.54) is 0 Å². The van der Waals surface area contributed by atoms with Gasteiger partial charge in [-0.05, 0) is 24.1 Å². The maximum atomic E-state index is 11.7. The first-order valence-electron chi connectivity index (χ1n) is 6.98. The van der Waals surface area contributed by atoms with E-state index in [9.17, 15) is 9.59 Å². The molecular weight excluding hydrogens is 290 g/mol. The molecule has 2 rings (SSSR count). The van der Waals surface area contributed by atoms with Gasteiger partial charge < -0.3 is 16.0 Å². The lowest BCUT2D eigenvalue weighted by Crippen LogP contribution is -2.26. The molecule has 1 aliphatic rings. The highest BCUT2D eigenvalue weighted by Gasteiger charge is 2.19. The number of hydrogen-bond acceptors (Lipinski definition) is 3. The number of carbonyl (C=O) groups is 2. The van der Waals surface area contributed by atoms with E-state index in [-0.39, 0.29) is 30.1 Å². The molecule has 3 N–H and O–H groups in total. The van der Waals surface area contributed by atoms with Crippen LogP contribution in [0.2, 0.25) is 0 Å². The fourth-order valence-electron chi connectivity index (χ4n) is 2.16. The van der Waals surface area contributed by atoms with E-state index in [1.54, 1.807) is 6.92 Å². The van der Waals surface area contributed by atoms with Crippen molar-refractivity contribution in [2.75, 3.05) is 18.4 Å². The highest BCUT2D eigenvalue weighted by molar-refractivity contribution is 5.92. The van der Waals surface area contributed by atoms with Crippen LogP contribution in [0, 0.1) is 5.92 Å². The quantitative estimate of drug-likeness (QED) is 0.870. The summed E-state index contributed by atoms with van der Waals surface area (Å²) in [5.41, 5.74) is 7.29. The van der Waals surface area contributed by atoms with Gasteiger partial charge in [-0.2, -0.15) is 0 Å². The van der Waals surface area contributed by atoms with Crippen molar-refractivity contribution < 1.29 is 9.59 Å². The van der Waals surface area contributed by atoms with E-state index in [4.69, 9.17) is 5.73 Å². The lowest BCUT2D eigenvalue weighted by atomic mass is 10.1. The first-order chi connectivity index (χ1) is 9.60. The molecule has 1 unspecified atom stereocenters. The lowest BCUT2D eigenvalue weighted by molar-refractivity contribution is -0.128. The molecule has 6 heteroatoms. The summed E-state index contributed by atoms with van der Waals surface area (Å²) in [7, 11) is 0. The molecule has 1 aromatic carbocycles. The number of halogens is 1. The highest BCUT2D eigenvalue weighted by Crippen LogP contribution is 2.16. The Kier molecular flexibility index (Phi) is 6.65. The minimum atomic E-state index is -0.197. The number of nitrogens with zero attached hydrogens (tertiary/aromatic N) is 1. The van der Waals surface area contributed by atoms with Gasteiger partial charge in [0.25, 0.3) is 0 Å². The van der Waals surface area contributed by atoms with Crippen molar-refractivity contribution in [3.05, 3.63) is 29.8 Å². The normalized spacial score (nSPS) is 15.5. The van der Waals surface area contributed by atoms with Crippen molar-refractivity contribution in [1.29, 1.82) is 0 Å². The van der Waals surface area contributed by atoms with Gasteiger partial charge in [-0.1, -0.05) is 19.1 Å². The summed E-state index contributed by atoms with van der Waals surface area (Å²) in [5, 5.41) is 2.82. The van der Waals surface area contributed by atoms with Gasteiger partial charge >= 0.3 is 0 Å². The molecule has 1 heterocycles. The molecule has 0 radical (unpaired) electrons. The summed E-state index contributed by atoms with van der Waals surface area (Å²) >= 11 is 0. The van der Waals surface area contributed by atoms with Crippen LogP contribution in [-0.4, -0.2) is 29.8 Å². The van der Waals surface area contributed by atoms with E-state index < -0.39 is 0 Å². The zero-order valence-corrected chi connectivity index (χ0v) is 13.0. The lowest BCUT2D eigenvalue weighted by Gasteiger charge is -2.16. The Bertz CT molecular complexity index is 490. The average molecular weight is 312 g/mol. The van der Waals surface area contributed by atoms with E-state index in [0.29, 0.717) is 19.5 Å². The second-order valence-corrected chi connectivity index (χ2v) is 5.24. The molecule has 0 aliphatic carbocycles. The summed E-state index contributed by atoms with van der Waals surface area (Å²) < 4.78 is 0. The number of likely N-dealkylation sites (tertiary alicyclic amines) is 1. The monoisotopic (exact) mass is 311 g/mol. The molecule has 1 fully saturated rings. The third kappa shape index (κ3) is 4.72. The first kappa shape index (κ1) is 17.5. The smallest absolute Gasteiger partial charge is 0.228 e. The van der Waals surface area contributed by atoms with E-state index in [0.717, 1.165) is 24.2 Å². The molecule has 1 aromatic rings. The zero-order chi connectivity index (χ0) is 14.5. The van der Waals surface area contributed by atoms with Crippen molar-refractivity contribution in [2.24, 2.45) is 11.7 Å². The number of rotatable bonds is 5. The first-order valence-corrected chi connectivity index (χ1v) is 6.98. The molecular formula is C15H22ClN3O2. The predicted molar refractivity (Wildman–Crippen MR) is 85.2 cm³/mol. The van der Waals surface area contributed by atoms with E-state index >= 15 is 0 Å². The van der Waals surface area contributed by atoms with Gasteiger partial charge in [0.1, 0.15) is 0 Å². The maximum Gasteiger partial charge on any atom is 0.228 e. The van der Waals surface area contributed by atoms with Crippen molar-refractivity contribution in [3.63, 3.8) is 0 Å². The van der Waals surface area contributed by atoms with Gasteiger partial charge in [-0.3, -0.25) is 9.59 Å². The van der Waals surface area contributed by atoms with Gasteiger partial charge in [-0.25, -0.2) is 0 Å². The van der Waals surface area contributed by atoms with Gasteiger partial charge in [-0.15, -0.1) is 12.4 Å². The van der Waals surface area contributed by atoms with Gasteiger partial charge in [0.05, 0.1) is 0 Å². The molecule has 0 spiro atoms. The average Bonchev–Trinajstić information content (AvgIpc) is 2.85. The number of anilines is 1. The SMILES string of the molecule is CC(CN)C(=O)Nc1ccc(CN2CCCC2=O)cc1.Cl. The van der Waals surface area contributed by atoms with Crippen LogP contribution in [0.3, 0.4) is 0 Å². The number of hydrogen-bond donors (Lipinski definition) is 2. The predicted octanol–water partition coefficient (Wildman–Crippen LogP) is 1.76. The number of amides is 2. The van der Waals surface area contributed by atoms with Crippen LogP contribution in [0.15, 0.2) is 24.3 Å². The van der Waals surface area contributed by atoms with E-state index in [2.05, 4.69) is 5.32 Å². The number of nitrogens with one attached hydrogen (secondary N) is 1. The largest absolute Gasteiger partial charge is 0.338 e. The van der Waals surface area contributed by atoms with Crippen molar-refractivity contribution in [1.82, 2.24) is 4.90 Å². The molecule has 1 saturated heterocycles. The topological polar surface area (TPSA) is 75.4 Å². The number of carbonyl (C=O) groups excluding carboxylic acids is 2. The maximum absolute atomic E-state index is 11.7. The highest BCUT2D eigenvalue weighted by atomic mass is 35.5. The Morgan fingerprint density at radius 2 is 2.05 bits per heavy atom. The minimum Gasteiger partial charge on any atom is -0.338 e. The Hall–Kier alpha value is -1.59. The molecule has 5 nitrogen and oxygen atoms in total. The minimum absolute atomic E-state index is 0. The fourth-order valence-corrected chi connectivity index (χ4v) is 2.16. The van der Waals surface area contributed by atoms with Crippen molar-refractivity contribution >= 4 is 29.9 Å². The fraction of sp³-hybridized carbons (Fsp3) is 0.467. The molecule has 21 heavy (non-hydrogen) atoms. The van der Waals surface area contributed by atoms with Crippen molar-refractivity contribution in [3.8, 4) is 0 Å².